The predicted molar refractivity (Wildman–Crippen MR) is 132 cm³/mol. The van der Waals surface area contributed by atoms with Gasteiger partial charge in [-0.3, -0.25) is 14.9 Å². The molecule has 1 heterocycles. The average Bonchev–Trinajstić information content (AvgIpc) is 2.80. The van der Waals surface area contributed by atoms with Gasteiger partial charge in [-0.2, -0.15) is 0 Å². The first-order valence-corrected chi connectivity index (χ1v) is 11.0. The molecule has 182 valence electrons. The van der Waals surface area contributed by atoms with Crippen LogP contribution < -0.4 is 21.3 Å². The van der Waals surface area contributed by atoms with Crippen LogP contribution in [0.4, 0.5) is 32.1 Å². The van der Waals surface area contributed by atoms with Gasteiger partial charge in [-0.05, 0) is 49.2 Å². The van der Waals surface area contributed by atoms with E-state index in [0.29, 0.717) is 18.7 Å². The van der Waals surface area contributed by atoms with Crippen molar-refractivity contribution in [2.24, 2.45) is 0 Å². The van der Waals surface area contributed by atoms with E-state index in [1.54, 1.807) is 31.2 Å². The summed E-state index contributed by atoms with van der Waals surface area (Å²) in [5.41, 5.74) is 1.65. The molecular weight excluding hydrogens is 477 g/mol. The zero-order valence-electron chi connectivity index (χ0n) is 18.7. The molecule has 0 radical (unpaired) electrons. The number of anilines is 4. The Hall–Kier alpha value is -4.18. The Balaban J connectivity index is 1.85. The van der Waals surface area contributed by atoms with Crippen molar-refractivity contribution >= 4 is 52.4 Å². The summed E-state index contributed by atoms with van der Waals surface area (Å²) in [5.74, 6) is -1.91. The van der Waals surface area contributed by atoms with E-state index in [0.717, 1.165) is 11.6 Å². The van der Waals surface area contributed by atoms with Gasteiger partial charge < -0.3 is 21.1 Å². The smallest absolute Gasteiger partial charge is 0.320 e. The molecule has 3 amide bonds. The highest BCUT2D eigenvalue weighted by atomic mass is 35.5. The summed E-state index contributed by atoms with van der Waals surface area (Å²) in [4.78, 5) is 39.7. The Bertz CT molecular complexity index is 1240. The lowest BCUT2D eigenvalue weighted by Gasteiger charge is -2.15. The molecule has 1 aromatic heterocycles. The maximum absolute atomic E-state index is 14.4. The number of pyridine rings is 1. The first kappa shape index (κ1) is 25.4. The fourth-order valence-electron chi connectivity index (χ4n) is 3.07. The Morgan fingerprint density at radius 2 is 1.77 bits per heavy atom. The summed E-state index contributed by atoms with van der Waals surface area (Å²) in [6.07, 6.45) is 1.63. The van der Waals surface area contributed by atoms with Gasteiger partial charge in [-0.25, -0.2) is 14.2 Å². The van der Waals surface area contributed by atoms with Gasteiger partial charge in [-0.15, -0.1) is 0 Å². The fourth-order valence-corrected chi connectivity index (χ4v) is 3.23. The van der Waals surface area contributed by atoms with Crippen molar-refractivity contribution in [1.82, 2.24) is 10.3 Å². The second kappa shape index (κ2) is 11.8. The number of aliphatic carboxylic acids is 1. The third kappa shape index (κ3) is 7.41. The molecule has 11 heteroatoms. The number of hydrogen-bond acceptors (Lipinski definition) is 5. The molecule has 3 aromatic rings. The molecule has 0 unspecified atom stereocenters. The third-order valence-electron chi connectivity index (χ3n) is 4.77. The molecule has 0 saturated carbocycles. The van der Waals surface area contributed by atoms with E-state index in [1.165, 1.54) is 24.4 Å². The second-order valence-corrected chi connectivity index (χ2v) is 7.83. The van der Waals surface area contributed by atoms with Crippen molar-refractivity contribution in [2.45, 2.75) is 19.8 Å². The van der Waals surface area contributed by atoms with Crippen LogP contribution in [-0.2, 0) is 11.2 Å². The van der Waals surface area contributed by atoms with E-state index < -0.39 is 23.7 Å². The van der Waals surface area contributed by atoms with Crippen LogP contribution in [0.25, 0.3) is 0 Å². The van der Waals surface area contributed by atoms with E-state index in [-0.39, 0.29) is 34.2 Å². The maximum atomic E-state index is 14.4. The molecule has 35 heavy (non-hydrogen) atoms. The number of urea groups is 1. The van der Waals surface area contributed by atoms with Crippen LogP contribution in [0.2, 0.25) is 5.02 Å². The number of hydrogen-bond donors (Lipinski definition) is 5. The van der Waals surface area contributed by atoms with Crippen LogP contribution in [-0.4, -0.2) is 34.5 Å². The van der Waals surface area contributed by atoms with E-state index >= 15 is 0 Å². The first-order valence-electron chi connectivity index (χ1n) is 10.6. The number of amides is 3. The molecule has 0 atom stereocenters. The highest BCUT2D eigenvalue weighted by molar-refractivity contribution is 6.30. The van der Waals surface area contributed by atoms with E-state index in [2.05, 4.69) is 26.3 Å². The SMILES string of the molecule is CCNC(=O)Nc1cc(Nc2ccc(Cl)cc2F)c(C(=O)Nc2ccc(CCC(=O)O)cc2)cn1. The van der Waals surface area contributed by atoms with Crippen molar-refractivity contribution in [1.29, 1.82) is 0 Å². The average molecular weight is 500 g/mol. The van der Waals surface area contributed by atoms with Crippen molar-refractivity contribution in [3.63, 3.8) is 0 Å². The van der Waals surface area contributed by atoms with Gasteiger partial charge in [0.05, 0.1) is 16.9 Å². The minimum atomic E-state index is -0.892. The number of carbonyl (C=O) groups excluding carboxylic acids is 2. The number of carboxylic acids is 1. The molecule has 0 saturated heterocycles. The zero-order chi connectivity index (χ0) is 25.4. The highest BCUT2D eigenvalue weighted by Gasteiger charge is 2.16. The molecule has 9 nitrogen and oxygen atoms in total. The summed E-state index contributed by atoms with van der Waals surface area (Å²) in [6.45, 7) is 2.16. The lowest BCUT2D eigenvalue weighted by molar-refractivity contribution is -0.136. The fraction of sp³-hybridized carbons (Fsp3) is 0.167. The molecule has 0 fully saturated rings. The zero-order valence-corrected chi connectivity index (χ0v) is 19.4. The molecular formula is C24H23ClFN5O4. The van der Waals surface area contributed by atoms with Gasteiger partial charge in [0.2, 0.25) is 0 Å². The third-order valence-corrected chi connectivity index (χ3v) is 5.00. The quantitative estimate of drug-likeness (QED) is 0.280. The van der Waals surface area contributed by atoms with E-state index in [9.17, 15) is 18.8 Å². The number of carboxylic acid groups (broad SMARTS) is 1. The summed E-state index contributed by atoms with van der Waals surface area (Å²) in [5, 5.41) is 19.7. The number of nitrogens with one attached hydrogen (secondary N) is 4. The Morgan fingerprint density at radius 1 is 1.03 bits per heavy atom. The Labute approximate surface area is 205 Å². The summed E-state index contributed by atoms with van der Waals surface area (Å²) < 4.78 is 14.4. The van der Waals surface area contributed by atoms with Crippen LogP contribution in [0, 0.1) is 5.82 Å². The number of rotatable bonds is 9. The molecule has 0 aliphatic rings. The van der Waals surface area contributed by atoms with Crippen molar-refractivity contribution < 1.29 is 23.9 Å². The van der Waals surface area contributed by atoms with Crippen molar-refractivity contribution in [3.8, 4) is 0 Å². The van der Waals surface area contributed by atoms with Crippen LogP contribution in [0.3, 0.4) is 0 Å². The normalized spacial score (nSPS) is 10.4. The monoisotopic (exact) mass is 499 g/mol. The number of carbonyl (C=O) groups is 3. The molecule has 0 spiro atoms. The molecule has 0 bridgehead atoms. The molecule has 0 aliphatic carbocycles. The largest absolute Gasteiger partial charge is 0.481 e. The highest BCUT2D eigenvalue weighted by Crippen LogP contribution is 2.27. The lowest BCUT2D eigenvalue weighted by atomic mass is 10.1. The van der Waals surface area contributed by atoms with Gasteiger partial charge in [0.15, 0.2) is 0 Å². The van der Waals surface area contributed by atoms with E-state index in [1.807, 2.05) is 0 Å². The van der Waals surface area contributed by atoms with Gasteiger partial charge in [-0.1, -0.05) is 23.7 Å². The van der Waals surface area contributed by atoms with Crippen molar-refractivity contribution in [2.75, 3.05) is 22.5 Å². The standard InChI is InChI=1S/C24H23ClFN5O4/c1-2-27-24(35)31-21-12-20(30-19-9-6-15(25)11-18(19)26)17(13-28-21)23(34)29-16-7-3-14(4-8-16)5-10-22(32)33/h3-4,6-9,11-13H,2,5,10H2,1H3,(H,29,34)(H,32,33)(H3,27,28,30,31,35). The number of benzene rings is 2. The Kier molecular flexibility index (Phi) is 8.58. The number of aryl methyl sites for hydroxylation is 1. The summed E-state index contributed by atoms with van der Waals surface area (Å²) in [7, 11) is 0. The first-order chi connectivity index (χ1) is 16.7. The summed E-state index contributed by atoms with van der Waals surface area (Å²) >= 11 is 5.83. The molecule has 5 N–H and O–H groups in total. The Morgan fingerprint density at radius 3 is 2.43 bits per heavy atom. The van der Waals surface area contributed by atoms with Crippen LogP contribution >= 0.6 is 11.6 Å². The number of nitrogens with zero attached hydrogens (tertiary/aromatic N) is 1. The van der Waals surface area contributed by atoms with Gasteiger partial charge in [0.25, 0.3) is 5.91 Å². The molecule has 0 aliphatic heterocycles. The minimum Gasteiger partial charge on any atom is -0.481 e. The summed E-state index contributed by atoms with van der Waals surface area (Å²) in [6, 6.07) is 11.7. The topological polar surface area (TPSA) is 132 Å². The van der Waals surface area contributed by atoms with Crippen LogP contribution in [0.15, 0.2) is 54.7 Å². The van der Waals surface area contributed by atoms with Crippen molar-refractivity contribution in [3.05, 3.63) is 76.7 Å². The number of aromatic nitrogens is 1. The molecule has 3 rings (SSSR count). The minimum absolute atomic E-state index is 0.00429. The van der Waals surface area contributed by atoms with Gasteiger partial charge >= 0.3 is 12.0 Å². The lowest BCUT2D eigenvalue weighted by Crippen LogP contribution is -2.28. The maximum Gasteiger partial charge on any atom is 0.320 e. The number of halogens is 2. The van der Waals surface area contributed by atoms with Gasteiger partial charge in [0, 0.05) is 35.9 Å². The van der Waals surface area contributed by atoms with E-state index in [4.69, 9.17) is 16.7 Å². The molecule has 2 aromatic carbocycles. The van der Waals surface area contributed by atoms with Crippen LogP contribution in [0.5, 0.6) is 0 Å². The second-order valence-electron chi connectivity index (χ2n) is 7.39. The van der Waals surface area contributed by atoms with Crippen LogP contribution in [0.1, 0.15) is 29.3 Å². The predicted octanol–water partition coefficient (Wildman–Crippen LogP) is 5.03. The van der Waals surface area contributed by atoms with Gasteiger partial charge in [0.1, 0.15) is 11.6 Å².